The van der Waals surface area contributed by atoms with Gasteiger partial charge in [0.25, 0.3) is 0 Å². The van der Waals surface area contributed by atoms with Crippen molar-refractivity contribution in [3.8, 4) is 5.75 Å². The van der Waals surface area contributed by atoms with Gasteiger partial charge in [-0.1, -0.05) is 12.1 Å². The molecule has 206 valence electrons. The van der Waals surface area contributed by atoms with Gasteiger partial charge in [0, 0.05) is 32.7 Å². The highest BCUT2D eigenvalue weighted by atomic mass is 32.2. The second-order valence-electron chi connectivity index (χ2n) is 9.50. The van der Waals surface area contributed by atoms with Gasteiger partial charge in [-0.05, 0) is 68.7 Å². The van der Waals surface area contributed by atoms with Gasteiger partial charge in [0.05, 0.1) is 11.0 Å². The fourth-order valence-corrected chi connectivity index (χ4v) is 5.62. The van der Waals surface area contributed by atoms with Gasteiger partial charge < -0.3 is 25.4 Å². The van der Waals surface area contributed by atoms with Crippen molar-refractivity contribution in [1.82, 2.24) is 14.5 Å². The summed E-state index contributed by atoms with van der Waals surface area (Å²) in [6.07, 6.45) is -0.0308. The zero-order valence-corrected chi connectivity index (χ0v) is 22.7. The van der Waals surface area contributed by atoms with Crippen LogP contribution in [0.1, 0.15) is 32.3 Å². The number of carbonyl (C=O) groups is 3. The van der Waals surface area contributed by atoms with E-state index in [4.69, 9.17) is 15.2 Å². The number of nitrogen functional groups attached to an aromatic ring is 1. The molecule has 3 rings (SSSR count). The molecule has 2 atom stereocenters. The first-order valence-corrected chi connectivity index (χ1v) is 13.7. The molecule has 12 heteroatoms. The molecule has 11 nitrogen and oxygen atoms in total. The van der Waals surface area contributed by atoms with Crippen LogP contribution in [0, 0.1) is 0 Å². The highest BCUT2D eigenvalue weighted by molar-refractivity contribution is 7.89. The van der Waals surface area contributed by atoms with E-state index in [9.17, 15) is 22.8 Å². The van der Waals surface area contributed by atoms with Gasteiger partial charge in [0.2, 0.25) is 15.9 Å². The highest BCUT2D eigenvalue weighted by Crippen LogP contribution is 2.27. The lowest BCUT2D eigenvalue weighted by atomic mass is 10.0. The lowest BCUT2D eigenvalue weighted by Crippen LogP contribution is -2.52. The van der Waals surface area contributed by atoms with E-state index in [0.717, 1.165) is 4.31 Å². The highest BCUT2D eigenvalue weighted by Gasteiger charge is 2.40. The van der Waals surface area contributed by atoms with Gasteiger partial charge in [0.15, 0.2) is 0 Å². The van der Waals surface area contributed by atoms with Crippen LogP contribution in [0.25, 0.3) is 0 Å². The quantitative estimate of drug-likeness (QED) is 0.359. The van der Waals surface area contributed by atoms with Crippen molar-refractivity contribution in [3.63, 3.8) is 0 Å². The Labute approximate surface area is 222 Å². The van der Waals surface area contributed by atoms with Crippen molar-refractivity contribution in [2.24, 2.45) is 0 Å². The molecule has 2 aromatic carbocycles. The molecule has 0 aromatic heterocycles. The predicted octanol–water partition coefficient (Wildman–Crippen LogP) is 2.16. The number of hydrogen-bond acceptors (Lipinski definition) is 8. The van der Waals surface area contributed by atoms with Crippen LogP contribution in [0.3, 0.4) is 0 Å². The number of sulfonamides is 1. The summed E-state index contributed by atoms with van der Waals surface area (Å²) in [4.78, 5) is 39.3. The number of nitrogens with zero attached hydrogens (tertiary/aromatic N) is 2. The third-order valence-electron chi connectivity index (χ3n) is 5.88. The van der Waals surface area contributed by atoms with E-state index in [2.05, 4.69) is 5.32 Å². The van der Waals surface area contributed by atoms with E-state index < -0.39 is 46.2 Å². The van der Waals surface area contributed by atoms with Crippen LogP contribution >= 0.6 is 0 Å². The average molecular weight is 547 g/mol. The van der Waals surface area contributed by atoms with Crippen LogP contribution < -0.4 is 15.8 Å². The summed E-state index contributed by atoms with van der Waals surface area (Å²) in [7, 11) is -0.816. The summed E-state index contributed by atoms with van der Waals surface area (Å²) in [5.74, 6) is -0.890. The molecule has 0 aliphatic carbocycles. The fraction of sp³-hybridized carbons (Fsp3) is 0.423. The first-order chi connectivity index (χ1) is 17.9. The molecule has 2 amide bonds. The number of hydrogen-bond donors (Lipinski definition) is 2. The van der Waals surface area contributed by atoms with Gasteiger partial charge in [-0.15, -0.1) is 0 Å². The monoisotopic (exact) mass is 546 g/mol. The first kappa shape index (κ1) is 28.9. The van der Waals surface area contributed by atoms with Crippen LogP contribution in [0.4, 0.5) is 10.5 Å². The number of nitrogens with two attached hydrogens (primary N) is 1. The number of rotatable bonds is 9. The predicted molar refractivity (Wildman–Crippen MR) is 141 cm³/mol. The Balaban J connectivity index is 1.77. The normalized spacial score (nSPS) is 16.6. The lowest BCUT2D eigenvalue weighted by Gasteiger charge is -2.26. The Bertz CT molecular complexity index is 1250. The van der Waals surface area contributed by atoms with Gasteiger partial charge in [-0.3, -0.25) is 4.79 Å². The molecule has 1 fully saturated rings. The summed E-state index contributed by atoms with van der Waals surface area (Å²) in [6, 6.07) is 10.3. The molecule has 0 spiro atoms. The minimum Gasteiger partial charge on any atom is -0.461 e. The Kier molecular flexibility index (Phi) is 9.34. The van der Waals surface area contributed by atoms with Crippen LogP contribution in [0.2, 0.25) is 0 Å². The lowest BCUT2D eigenvalue weighted by molar-refractivity contribution is -0.151. The number of anilines is 1. The zero-order chi connectivity index (χ0) is 28.0. The summed E-state index contributed by atoms with van der Waals surface area (Å²) in [6.45, 7) is 3.57. The van der Waals surface area contributed by atoms with Crippen molar-refractivity contribution in [2.45, 2.75) is 56.2 Å². The number of ether oxygens (including phenoxy) is 2. The molecular formula is C26H34N4O7S. The molecule has 38 heavy (non-hydrogen) atoms. The fourth-order valence-electron chi connectivity index (χ4n) is 3.96. The number of esters is 1. The molecule has 1 saturated heterocycles. The van der Waals surface area contributed by atoms with Gasteiger partial charge in [-0.2, -0.15) is 4.31 Å². The Morgan fingerprint density at radius 2 is 1.71 bits per heavy atom. The molecule has 1 aliphatic rings. The molecule has 0 saturated carbocycles. The maximum absolute atomic E-state index is 13.3. The molecule has 0 radical (unpaired) electrons. The third kappa shape index (κ3) is 7.23. The number of amides is 2. The molecule has 3 N–H and O–H groups in total. The molecule has 0 bridgehead atoms. The minimum absolute atomic E-state index is 0.0391. The van der Waals surface area contributed by atoms with E-state index in [1.54, 1.807) is 52.2 Å². The Morgan fingerprint density at radius 1 is 1.08 bits per heavy atom. The summed E-state index contributed by atoms with van der Waals surface area (Å²) < 4.78 is 38.2. The number of nitrogens with one attached hydrogen (secondary N) is 1. The van der Waals surface area contributed by atoms with Crippen molar-refractivity contribution < 1.29 is 32.3 Å². The molecule has 1 aliphatic heterocycles. The van der Waals surface area contributed by atoms with E-state index in [1.807, 2.05) is 0 Å². The third-order valence-corrected chi connectivity index (χ3v) is 7.80. The molecule has 2 aromatic rings. The van der Waals surface area contributed by atoms with Crippen molar-refractivity contribution in [1.29, 1.82) is 0 Å². The SMILES string of the molecule is CC(C)OC(=O)[C@H](Cc1ccc(OC(=O)N(C)C)cc1)NC(=O)[C@@H]1CCCN1S(=O)(=O)c1ccc(N)cc1. The second kappa shape index (κ2) is 12.3. The maximum Gasteiger partial charge on any atom is 0.414 e. The Hall–Kier alpha value is -3.64. The van der Waals surface area contributed by atoms with E-state index in [0.29, 0.717) is 29.8 Å². The molecular weight excluding hydrogens is 512 g/mol. The van der Waals surface area contributed by atoms with E-state index in [-0.39, 0.29) is 17.9 Å². The van der Waals surface area contributed by atoms with Crippen molar-refractivity contribution >= 4 is 33.7 Å². The second-order valence-corrected chi connectivity index (χ2v) is 11.4. The number of benzene rings is 2. The van der Waals surface area contributed by atoms with Gasteiger partial charge >= 0.3 is 12.1 Å². The summed E-state index contributed by atoms with van der Waals surface area (Å²) in [5.41, 5.74) is 6.79. The standard InChI is InChI=1S/C26H34N4O7S/c1-17(2)36-25(32)22(16-18-7-11-20(12-8-18)37-26(33)29(3)4)28-24(31)23-6-5-15-30(23)38(34,35)21-13-9-19(27)10-14-21/h7-14,17,22-23H,5-6,15-16,27H2,1-4H3,(H,28,31)/t22-,23-/m0/s1. The van der Waals surface area contributed by atoms with Crippen molar-refractivity contribution in [2.75, 3.05) is 26.4 Å². The van der Waals surface area contributed by atoms with Crippen LogP contribution in [-0.4, -0.2) is 74.4 Å². The smallest absolute Gasteiger partial charge is 0.414 e. The van der Waals surface area contributed by atoms with Gasteiger partial charge in [-0.25, -0.2) is 18.0 Å². The topological polar surface area (TPSA) is 148 Å². The summed E-state index contributed by atoms with van der Waals surface area (Å²) in [5, 5.41) is 2.71. The molecule has 0 unspecified atom stereocenters. The maximum atomic E-state index is 13.3. The number of carbonyl (C=O) groups excluding carboxylic acids is 3. The summed E-state index contributed by atoms with van der Waals surface area (Å²) >= 11 is 0. The Morgan fingerprint density at radius 3 is 2.29 bits per heavy atom. The van der Waals surface area contributed by atoms with Crippen LogP contribution in [0.15, 0.2) is 53.4 Å². The zero-order valence-electron chi connectivity index (χ0n) is 21.9. The van der Waals surface area contributed by atoms with E-state index in [1.165, 1.54) is 29.2 Å². The minimum atomic E-state index is -3.95. The molecule has 1 heterocycles. The van der Waals surface area contributed by atoms with E-state index >= 15 is 0 Å². The first-order valence-electron chi connectivity index (χ1n) is 12.2. The van der Waals surface area contributed by atoms with Gasteiger partial charge in [0.1, 0.15) is 17.8 Å². The van der Waals surface area contributed by atoms with Crippen molar-refractivity contribution in [3.05, 3.63) is 54.1 Å². The largest absolute Gasteiger partial charge is 0.461 e. The van der Waals surface area contributed by atoms with Crippen LogP contribution in [-0.2, 0) is 30.8 Å². The van der Waals surface area contributed by atoms with Crippen LogP contribution in [0.5, 0.6) is 5.75 Å². The average Bonchev–Trinajstić information content (AvgIpc) is 3.36.